The van der Waals surface area contributed by atoms with E-state index in [-0.39, 0.29) is 37.2 Å². The molecule has 69 valence electrons. The normalized spacial score (nSPS) is 10.7. The molecule has 0 spiro atoms. The molecule has 0 aliphatic carbocycles. The largest absolute Gasteiger partial charge is 0.296 e. The summed E-state index contributed by atoms with van der Waals surface area (Å²) in [4.78, 5) is -0.339. The van der Waals surface area contributed by atoms with Crippen molar-refractivity contribution < 1.29 is 13.0 Å². The molecule has 1 aromatic rings. The van der Waals surface area contributed by atoms with Crippen molar-refractivity contribution in [2.45, 2.75) is 4.90 Å². The van der Waals surface area contributed by atoms with Crippen molar-refractivity contribution in [2.24, 2.45) is 0 Å². The van der Waals surface area contributed by atoms with Gasteiger partial charge in [-0.05, 0) is 18.2 Å². The van der Waals surface area contributed by atoms with Gasteiger partial charge in [-0.1, -0.05) is 23.2 Å². The summed E-state index contributed by atoms with van der Waals surface area (Å²) in [5, 5.41) is 0.220. The van der Waals surface area contributed by atoms with E-state index in [1.807, 2.05) is 0 Å². The van der Waals surface area contributed by atoms with E-state index < -0.39 is 10.1 Å². The Labute approximate surface area is 106 Å². The van der Waals surface area contributed by atoms with E-state index in [0.717, 1.165) is 6.07 Å². The molecule has 0 unspecified atom stereocenters. The molecule has 0 saturated heterocycles. The molecule has 1 radical (unpaired) electrons. The van der Waals surface area contributed by atoms with Gasteiger partial charge in [0.05, 0.1) is 5.02 Å². The third-order valence-corrected chi connectivity index (χ3v) is 2.74. The van der Waals surface area contributed by atoms with Crippen molar-refractivity contribution in [1.82, 2.24) is 0 Å². The second kappa shape index (κ2) is 4.92. The number of hydrogen-bond donors (Lipinski definition) is 1. The third-order valence-electron chi connectivity index (χ3n) is 1.17. The van der Waals surface area contributed by atoms with E-state index in [0.29, 0.717) is 5.02 Å². The van der Waals surface area contributed by atoms with Crippen LogP contribution in [0.1, 0.15) is 0 Å². The minimum absolute atomic E-state index is 0. The van der Waals surface area contributed by atoms with Crippen molar-refractivity contribution in [2.75, 3.05) is 0 Å². The first-order valence-corrected chi connectivity index (χ1v) is 5.03. The Morgan fingerprint density at radius 1 is 1.23 bits per heavy atom. The molecule has 0 aliphatic heterocycles. The van der Waals surface area contributed by atoms with Crippen molar-refractivity contribution in [3.63, 3.8) is 0 Å². The molecule has 0 bridgehead atoms. The molecule has 0 heterocycles. The van der Waals surface area contributed by atoms with Crippen LogP contribution in [0.3, 0.4) is 0 Å². The average molecular weight is 431 g/mol. The van der Waals surface area contributed by atoms with E-state index in [1.165, 1.54) is 12.1 Å². The second-order valence-corrected chi connectivity index (χ2v) is 4.28. The number of halogens is 2. The fraction of sp³-hybridized carbons (Fsp3) is 0. The molecular weight excluding hydrogens is 427 g/mol. The minimum atomic E-state index is -4.24. The molecule has 1 rings (SSSR count). The molecular formula is C6H4Cl2O3STl. The van der Waals surface area contributed by atoms with Gasteiger partial charge >= 0.3 is 0 Å². The Morgan fingerprint density at radius 2 is 1.77 bits per heavy atom. The molecule has 1 aromatic carbocycles. The van der Waals surface area contributed by atoms with Crippen LogP contribution in [0.5, 0.6) is 0 Å². The van der Waals surface area contributed by atoms with Gasteiger partial charge in [0.25, 0.3) is 10.1 Å². The van der Waals surface area contributed by atoms with E-state index in [4.69, 9.17) is 27.8 Å². The topological polar surface area (TPSA) is 54.4 Å². The maximum absolute atomic E-state index is 10.6. The van der Waals surface area contributed by atoms with Crippen molar-refractivity contribution in [3.8, 4) is 0 Å². The summed E-state index contributed by atoms with van der Waals surface area (Å²) >= 11 is 11.0. The molecule has 0 amide bonds. The minimum Gasteiger partial charge on any atom is -0.282 e. The van der Waals surface area contributed by atoms with E-state index in [2.05, 4.69) is 0 Å². The van der Waals surface area contributed by atoms with Crippen LogP contribution in [0.25, 0.3) is 0 Å². The Kier molecular flexibility index (Phi) is 5.16. The van der Waals surface area contributed by atoms with Crippen LogP contribution in [-0.4, -0.2) is 40.3 Å². The maximum atomic E-state index is 10.6. The predicted molar refractivity (Wildman–Crippen MR) is 52.0 cm³/mol. The van der Waals surface area contributed by atoms with Crippen molar-refractivity contribution in [1.29, 1.82) is 0 Å². The number of hydrogen-bond acceptors (Lipinski definition) is 2. The summed E-state index contributed by atoms with van der Waals surface area (Å²) < 4.78 is 29.8. The predicted octanol–water partition coefficient (Wildman–Crippen LogP) is 1.86. The van der Waals surface area contributed by atoms with Crippen LogP contribution in [0, 0.1) is 0 Å². The Bertz CT molecular complexity index is 404. The zero-order chi connectivity index (χ0) is 9.35. The standard InChI is InChI=1S/C6H4Cl2O3S.Tl/c7-4-1-2-6(5(8)3-4)12(9,10)11;/h1-3H,(H,9,10,11);. The van der Waals surface area contributed by atoms with E-state index >= 15 is 0 Å². The number of benzene rings is 1. The second-order valence-electron chi connectivity index (χ2n) is 2.05. The molecule has 0 aliphatic rings. The Hall–Kier alpha value is 0.632. The summed E-state index contributed by atoms with van der Waals surface area (Å²) in [6, 6.07) is 3.71. The van der Waals surface area contributed by atoms with Gasteiger partial charge in [-0.15, -0.1) is 0 Å². The summed E-state index contributed by atoms with van der Waals surface area (Å²) in [7, 11) is -4.24. The van der Waals surface area contributed by atoms with E-state index in [1.54, 1.807) is 0 Å². The zero-order valence-corrected chi connectivity index (χ0v) is 13.1. The van der Waals surface area contributed by atoms with Crippen LogP contribution >= 0.6 is 23.2 Å². The monoisotopic (exact) mass is 431 g/mol. The molecule has 0 fully saturated rings. The molecule has 0 saturated carbocycles. The van der Waals surface area contributed by atoms with Gasteiger partial charge < -0.3 is 0 Å². The van der Waals surface area contributed by atoms with Gasteiger partial charge in [-0.2, -0.15) is 8.42 Å². The third kappa shape index (κ3) is 3.70. The summed E-state index contributed by atoms with van der Waals surface area (Å²) in [6.07, 6.45) is 0. The Balaban J connectivity index is 0.00000144. The van der Waals surface area contributed by atoms with Gasteiger partial charge in [-0.3, -0.25) is 4.55 Å². The maximum Gasteiger partial charge on any atom is 0.296 e. The van der Waals surface area contributed by atoms with Gasteiger partial charge in [0, 0.05) is 32.3 Å². The SMILES string of the molecule is O=S(=O)(O)c1ccc(Cl)cc1Cl.[Tl]. The fourth-order valence-corrected chi connectivity index (χ4v) is 1.93. The van der Waals surface area contributed by atoms with Crippen LogP contribution in [-0.2, 0) is 10.1 Å². The summed E-state index contributed by atoms with van der Waals surface area (Å²) in [5.74, 6) is 0. The van der Waals surface area contributed by atoms with Gasteiger partial charge in [0.2, 0.25) is 0 Å². The van der Waals surface area contributed by atoms with E-state index in [9.17, 15) is 8.42 Å². The Morgan fingerprint density at radius 3 is 2.15 bits per heavy atom. The zero-order valence-electron chi connectivity index (χ0n) is 6.24. The van der Waals surface area contributed by atoms with Crippen molar-refractivity contribution >= 4 is 60.6 Å². The number of rotatable bonds is 1. The van der Waals surface area contributed by atoms with Gasteiger partial charge in [0.15, 0.2) is 0 Å². The smallest absolute Gasteiger partial charge is 0.282 e. The molecule has 7 heteroatoms. The molecule has 0 aromatic heterocycles. The first-order valence-electron chi connectivity index (χ1n) is 2.84. The first kappa shape index (κ1) is 13.6. The summed E-state index contributed by atoms with van der Waals surface area (Å²) in [6.45, 7) is 0. The van der Waals surface area contributed by atoms with Crippen LogP contribution in [0.15, 0.2) is 23.1 Å². The van der Waals surface area contributed by atoms with Crippen molar-refractivity contribution in [3.05, 3.63) is 28.2 Å². The van der Waals surface area contributed by atoms with Crippen LogP contribution < -0.4 is 0 Å². The van der Waals surface area contributed by atoms with Crippen LogP contribution in [0.4, 0.5) is 0 Å². The first-order chi connectivity index (χ1) is 5.41. The average Bonchev–Trinajstić information content (AvgIpc) is 1.83. The van der Waals surface area contributed by atoms with Crippen LogP contribution in [0.2, 0.25) is 10.0 Å². The molecule has 13 heavy (non-hydrogen) atoms. The van der Waals surface area contributed by atoms with Gasteiger partial charge in [-0.25, -0.2) is 0 Å². The fourth-order valence-electron chi connectivity index (χ4n) is 0.684. The quantitative estimate of drug-likeness (QED) is 0.546. The van der Waals surface area contributed by atoms with Gasteiger partial charge in [0.1, 0.15) is 4.90 Å². The molecule has 3 nitrogen and oxygen atoms in total. The molecule has 1 N–H and O–H groups in total. The molecule has 0 atom stereocenters. The summed E-state index contributed by atoms with van der Waals surface area (Å²) in [5.41, 5.74) is 0.